The summed E-state index contributed by atoms with van der Waals surface area (Å²) in [7, 11) is -1.52. The Morgan fingerprint density at radius 1 is 1.02 bits per heavy atom. The molecule has 13 heteroatoms. The molecule has 11 nitrogen and oxygen atoms in total. The van der Waals surface area contributed by atoms with Gasteiger partial charge in [-0.15, -0.1) is 0 Å². The minimum absolute atomic E-state index is 0.0880. The molecule has 2 aromatic heterocycles. The first-order valence-corrected chi connectivity index (χ1v) is 18.3. The molecular formula is C34H42FN7O4S. The summed E-state index contributed by atoms with van der Waals surface area (Å²) in [6, 6.07) is 7.84. The first-order valence-electron chi connectivity index (χ1n) is 16.6. The summed E-state index contributed by atoms with van der Waals surface area (Å²) in [6.45, 7) is 6.52. The molecule has 0 saturated carbocycles. The van der Waals surface area contributed by atoms with Gasteiger partial charge in [0.15, 0.2) is 9.84 Å². The highest BCUT2D eigenvalue weighted by molar-refractivity contribution is 7.92. The van der Waals surface area contributed by atoms with Crippen molar-refractivity contribution < 1.29 is 22.3 Å². The number of carbonyl (C=O) groups is 1. The molecule has 0 spiro atoms. The Labute approximate surface area is 275 Å². The number of nitrogens with zero attached hydrogens (tertiary/aromatic N) is 6. The molecule has 1 N–H and O–H groups in total. The maximum Gasteiger partial charge on any atom is 0.246 e. The van der Waals surface area contributed by atoms with Gasteiger partial charge >= 0.3 is 0 Å². The van der Waals surface area contributed by atoms with E-state index in [1.165, 1.54) is 13.2 Å². The highest BCUT2D eigenvalue weighted by Gasteiger charge is 2.42. The highest BCUT2D eigenvalue weighted by Crippen LogP contribution is 2.42. The van der Waals surface area contributed by atoms with Crippen molar-refractivity contribution in [1.29, 1.82) is 0 Å². The SMILES string of the molecule is C=CC(=O)N1CCC[C@H]1c1ccc(N2CC([C@H]3CCCCS3(=O)=O)C2)c2cnc(Nc3ccnc(N4CC[C@@H](OC)[C@@H](F)C4)n3)cc12. The predicted molar refractivity (Wildman–Crippen MR) is 181 cm³/mol. The van der Waals surface area contributed by atoms with Crippen LogP contribution in [0.5, 0.6) is 0 Å². The van der Waals surface area contributed by atoms with Crippen LogP contribution < -0.4 is 15.1 Å². The summed E-state index contributed by atoms with van der Waals surface area (Å²) in [5, 5.41) is 4.98. The monoisotopic (exact) mass is 663 g/mol. The minimum Gasteiger partial charge on any atom is -0.378 e. The Morgan fingerprint density at radius 2 is 1.87 bits per heavy atom. The van der Waals surface area contributed by atoms with E-state index >= 15 is 0 Å². The van der Waals surface area contributed by atoms with Gasteiger partial charge in [-0.2, -0.15) is 4.98 Å². The van der Waals surface area contributed by atoms with E-state index in [0.717, 1.165) is 54.1 Å². The van der Waals surface area contributed by atoms with Crippen LogP contribution in [0, 0.1) is 5.92 Å². The van der Waals surface area contributed by atoms with Crippen molar-refractivity contribution in [2.75, 3.05) is 60.7 Å². The summed E-state index contributed by atoms with van der Waals surface area (Å²) < 4.78 is 45.5. The summed E-state index contributed by atoms with van der Waals surface area (Å²) >= 11 is 0. The lowest BCUT2D eigenvalue weighted by molar-refractivity contribution is -0.126. The quantitative estimate of drug-likeness (QED) is 0.343. The number of halogens is 1. The Bertz CT molecular complexity index is 1770. The number of ether oxygens (including phenoxy) is 1. The molecule has 3 aromatic rings. The second-order valence-electron chi connectivity index (χ2n) is 13.1. The molecule has 0 aliphatic carbocycles. The smallest absolute Gasteiger partial charge is 0.246 e. The average Bonchev–Trinajstić information content (AvgIpc) is 3.54. The number of piperidine rings is 1. The summed E-state index contributed by atoms with van der Waals surface area (Å²) in [5.74, 6) is 1.88. The van der Waals surface area contributed by atoms with E-state index < -0.39 is 22.1 Å². The molecule has 4 fully saturated rings. The molecule has 4 atom stereocenters. The van der Waals surface area contributed by atoms with E-state index in [0.29, 0.717) is 55.9 Å². The normalized spacial score (nSPS) is 26.3. The number of amides is 1. The fourth-order valence-electron chi connectivity index (χ4n) is 7.84. The van der Waals surface area contributed by atoms with E-state index in [1.807, 2.05) is 22.1 Å². The van der Waals surface area contributed by atoms with Crippen LogP contribution in [-0.4, -0.2) is 97.3 Å². The van der Waals surface area contributed by atoms with Crippen LogP contribution in [-0.2, 0) is 19.4 Å². The molecule has 0 unspecified atom stereocenters. The van der Waals surface area contributed by atoms with E-state index in [9.17, 15) is 17.6 Å². The molecule has 250 valence electrons. The van der Waals surface area contributed by atoms with Crippen LogP contribution in [0.25, 0.3) is 10.8 Å². The van der Waals surface area contributed by atoms with Crippen molar-refractivity contribution in [2.45, 2.75) is 62.1 Å². The van der Waals surface area contributed by atoms with Gasteiger partial charge in [-0.3, -0.25) is 4.79 Å². The third-order valence-corrected chi connectivity index (χ3v) is 12.8. The van der Waals surface area contributed by atoms with Crippen molar-refractivity contribution in [3.05, 3.63) is 54.9 Å². The third kappa shape index (κ3) is 6.15. The van der Waals surface area contributed by atoms with Crippen LogP contribution in [0.3, 0.4) is 0 Å². The number of likely N-dealkylation sites (tertiary alicyclic amines) is 1. The zero-order valence-corrected chi connectivity index (χ0v) is 27.5. The lowest BCUT2D eigenvalue weighted by Gasteiger charge is -2.46. The van der Waals surface area contributed by atoms with Gasteiger partial charge in [-0.25, -0.2) is 22.8 Å². The average molecular weight is 664 g/mol. The molecule has 4 saturated heterocycles. The van der Waals surface area contributed by atoms with Crippen LogP contribution >= 0.6 is 0 Å². The van der Waals surface area contributed by atoms with Gasteiger partial charge in [0.25, 0.3) is 0 Å². The van der Waals surface area contributed by atoms with Crippen LogP contribution in [0.4, 0.5) is 27.7 Å². The van der Waals surface area contributed by atoms with Gasteiger partial charge in [0, 0.05) is 62.7 Å². The molecule has 0 bridgehead atoms. The standard InChI is InChI=1S/C34H42FN7O4S/c1-3-33(43)42-14-6-7-28(42)23-9-10-27(41-19-22(20-41)30-8-4-5-16-47(30,44)45)25-18-37-32(17-24(23)25)38-31-11-13-36-34(39-31)40-15-12-29(46-2)26(35)21-40/h3,9-11,13,17-18,22,26,28-30H,1,4-8,12,14-16,19-21H2,2H3,(H,36,37,38,39)/t26-,28-,29+,30+/m0/s1. The van der Waals surface area contributed by atoms with Gasteiger partial charge < -0.3 is 24.8 Å². The predicted octanol–water partition coefficient (Wildman–Crippen LogP) is 4.58. The van der Waals surface area contributed by atoms with Gasteiger partial charge in [0.1, 0.15) is 17.8 Å². The lowest BCUT2D eigenvalue weighted by atomic mass is 9.90. The fraction of sp³-hybridized carbons (Fsp3) is 0.529. The van der Waals surface area contributed by atoms with Crippen LogP contribution in [0.1, 0.15) is 50.1 Å². The van der Waals surface area contributed by atoms with Crippen molar-refractivity contribution in [3.8, 4) is 0 Å². The highest BCUT2D eigenvalue weighted by atomic mass is 32.2. The maximum atomic E-state index is 14.6. The van der Waals surface area contributed by atoms with E-state index in [2.05, 4.69) is 38.9 Å². The Kier molecular flexibility index (Phi) is 8.77. The number of methoxy groups -OCH3 is 1. The molecule has 7 rings (SSSR count). The summed E-state index contributed by atoms with van der Waals surface area (Å²) in [4.78, 5) is 32.6. The molecule has 6 heterocycles. The second kappa shape index (κ2) is 13.0. The molecule has 4 aliphatic heterocycles. The number of fused-ring (bicyclic) bond motifs is 1. The van der Waals surface area contributed by atoms with Crippen LogP contribution in [0.2, 0.25) is 0 Å². The number of sulfone groups is 1. The summed E-state index contributed by atoms with van der Waals surface area (Å²) in [6.07, 6.45) is 8.09. The number of carbonyl (C=O) groups excluding carboxylic acids is 1. The molecule has 1 amide bonds. The topological polar surface area (TPSA) is 121 Å². The number of alkyl halides is 1. The van der Waals surface area contributed by atoms with Gasteiger partial charge in [-0.05, 0) is 67.3 Å². The number of anilines is 4. The minimum atomic E-state index is -3.05. The first kappa shape index (κ1) is 31.7. The van der Waals surface area contributed by atoms with Crippen molar-refractivity contribution in [3.63, 3.8) is 0 Å². The largest absolute Gasteiger partial charge is 0.378 e. The fourth-order valence-corrected chi connectivity index (χ4v) is 10.0. The Hall–Kier alpha value is -3.84. The number of pyridine rings is 1. The van der Waals surface area contributed by atoms with Crippen molar-refractivity contribution in [1.82, 2.24) is 19.9 Å². The molecular weight excluding hydrogens is 621 g/mol. The van der Waals surface area contributed by atoms with Crippen molar-refractivity contribution >= 4 is 49.8 Å². The Morgan fingerprint density at radius 3 is 2.64 bits per heavy atom. The van der Waals surface area contributed by atoms with E-state index in [-0.39, 0.29) is 29.7 Å². The molecule has 47 heavy (non-hydrogen) atoms. The number of benzene rings is 1. The first-order chi connectivity index (χ1) is 22.8. The zero-order valence-electron chi connectivity index (χ0n) is 26.7. The van der Waals surface area contributed by atoms with Gasteiger partial charge in [-0.1, -0.05) is 19.1 Å². The van der Waals surface area contributed by atoms with Gasteiger partial charge in [0.2, 0.25) is 11.9 Å². The lowest BCUT2D eigenvalue weighted by Crippen LogP contribution is -2.55. The molecule has 4 aliphatic rings. The molecule has 0 radical (unpaired) electrons. The number of hydrogen-bond acceptors (Lipinski definition) is 10. The van der Waals surface area contributed by atoms with Crippen LogP contribution in [0.15, 0.2) is 49.3 Å². The third-order valence-electron chi connectivity index (χ3n) is 10.4. The number of nitrogens with one attached hydrogen (secondary N) is 1. The van der Waals surface area contributed by atoms with Crippen molar-refractivity contribution in [2.24, 2.45) is 5.92 Å². The number of rotatable bonds is 8. The summed E-state index contributed by atoms with van der Waals surface area (Å²) in [5.41, 5.74) is 2.05. The van der Waals surface area contributed by atoms with Gasteiger partial charge in [0.05, 0.1) is 29.7 Å². The molecule has 1 aromatic carbocycles. The zero-order chi connectivity index (χ0) is 32.7. The van der Waals surface area contributed by atoms with E-state index in [1.54, 1.807) is 12.3 Å². The number of hydrogen-bond donors (Lipinski definition) is 1. The number of aromatic nitrogens is 3. The maximum absolute atomic E-state index is 14.6. The second-order valence-corrected chi connectivity index (χ2v) is 15.5. The van der Waals surface area contributed by atoms with E-state index in [4.69, 9.17) is 9.72 Å². The Balaban J connectivity index is 1.19.